The zero-order chi connectivity index (χ0) is 18.9. The average molecular weight is 504 g/mol. The van der Waals surface area contributed by atoms with Gasteiger partial charge in [0.05, 0.1) is 5.69 Å². The number of halogens is 1. The summed E-state index contributed by atoms with van der Waals surface area (Å²) in [6.07, 6.45) is 5.80. The predicted molar refractivity (Wildman–Crippen MR) is 120 cm³/mol. The number of aromatic nitrogens is 1. The van der Waals surface area contributed by atoms with Gasteiger partial charge in [-0.25, -0.2) is 0 Å². The Morgan fingerprint density at radius 2 is 2.07 bits per heavy atom. The second-order valence-corrected chi connectivity index (χ2v) is 7.26. The van der Waals surface area contributed by atoms with E-state index in [1.807, 2.05) is 6.07 Å². The summed E-state index contributed by atoms with van der Waals surface area (Å²) in [6.45, 7) is 9.08. The number of nitrogens with zero attached hydrogens (tertiary/aromatic N) is 4. The van der Waals surface area contributed by atoms with Crippen molar-refractivity contribution in [2.75, 3.05) is 45.8 Å². The van der Waals surface area contributed by atoms with Gasteiger partial charge in [-0.2, -0.15) is 0 Å². The molecule has 0 atom stereocenters. The van der Waals surface area contributed by atoms with Crippen molar-refractivity contribution in [2.45, 2.75) is 39.2 Å². The molecular formula is C19H33IN6O2. The zero-order valence-electron chi connectivity index (χ0n) is 16.7. The molecule has 1 saturated carbocycles. The van der Waals surface area contributed by atoms with E-state index in [0.717, 1.165) is 76.7 Å². The van der Waals surface area contributed by atoms with Crippen molar-refractivity contribution < 1.29 is 9.32 Å². The minimum Gasteiger partial charge on any atom is -0.364 e. The molecule has 1 aliphatic heterocycles. The molecule has 0 radical (unpaired) electrons. The Hall–Kier alpha value is -1.36. The summed E-state index contributed by atoms with van der Waals surface area (Å²) >= 11 is 0. The third kappa shape index (κ3) is 6.91. The lowest BCUT2D eigenvalue weighted by atomic mass is 9.85. The molecule has 1 aromatic rings. The Morgan fingerprint density at radius 3 is 2.68 bits per heavy atom. The molecule has 158 valence electrons. The number of nitrogens with one attached hydrogen (secondary N) is 2. The summed E-state index contributed by atoms with van der Waals surface area (Å²) in [5, 5.41) is 10.4. The molecule has 1 amide bonds. The zero-order valence-corrected chi connectivity index (χ0v) is 19.1. The van der Waals surface area contributed by atoms with Crippen LogP contribution in [0.25, 0.3) is 0 Å². The van der Waals surface area contributed by atoms with Crippen LogP contribution >= 0.6 is 24.0 Å². The van der Waals surface area contributed by atoms with Crippen LogP contribution in [0.1, 0.15) is 38.3 Å². The van der Waals surface area contributed by atoms with E-state index in [4.69, 9.17) is 9.52 Å². The first-order chi connectivity index (χ1) is 13.3. The van der Waals surface area contributed by atoms with Crippen LogP contribution in [0.3, 0.4) is 0 Å². The second-order valence-electron chi connectivity index (χ2n) is 7.26. The van der Waals surface area contributed by atoms with Crippen molar-refractivity contribution >= 4 is 35.8 Å². The van der Waals surface area contributed by atoms with Gasteiger partial charge in [0, 0.05) is 64.3 Å². The monoisotopic (exact) mass is 504 g/mol. The summed E-state index contributed by atoms with van der Waals surface area (Å²) in [5.74, 6) is 1.46. The number of carbonyl (C=O) groups excluding carboxylic acids is 1. The highest BCUT2D eigenvalue weighted by Crippen LogP contribution is 2.26. The van der Waals surface area contributed by atoms with Crippen LogP contribution in [0.15, 0.2) is 21.8 Å². The molecule has 2 N–H and O–H groups in total. The topological polar surface area (TPSA) is 86.0 Å². The molecule has 2 aliphatic rings. The fourth-order valence-corrected chi connectivity index (χ4v) is 3.38. The van der Waals surface area contributed by atoms with E-state index in [-0.39, 0.29) is 35.8 Å². The summed E-state index contributed by atoms with van der Waals surface area (Å²) in [7, 11) is 0. The summed E-state index contributed by atoms with van der Waals surface area (Å²) < 4.78 is 4.91. The highest BCUT2D eigenvalue weighted by Gasteiger charge is 2.24. The molecule has 0 spiro atoms. The van der Waals surface area contributed by atoms with Gasteiger partial charge in [-0.05, 0) is 26.2 Å². The Bertz CT molecular complexity index is 598. The molecule has 0 bridgehead atoms. The normalized spacial score (nSPS) is 18.3. The number of hydrogen-bond donors (Lipinski definition) is 2. The number of piperazine rings is 1. The summed E-state index contributed by atoms with van der Waals surface area (Å²) in [5.41, 5.74) is 0.980. The Kier molecular flexibility index (Phi) is 10.0. The molecular weight excluding hydrogens is 471 g/mol. The molecule has 1 aromatic heterocycles. The molecule has 28 heavy (non-hydrogen) atoms. The largest absolute Gasteiger partial charge is 0.364 e. The van der Waals surface area contributed by atoms with Gasteiger partial charge in [-0.1, -0.05) is 11.6 Å². The highest BCUT2D eigenvalue weighted by atomic mass is 127. The molecule has 0 aromatic carbocycles. The maximum Gasteiger partial charge on any atom is 0.223 e. The van der Waals surface area contributed by atoms with Gasteiger partial charge in [-0.3, -0.25) is 14.7 Å². The quantitative estimate of drug-likeness (QED) is 0.243. The van der Waals surface area contributed by atoms with Crippen LogP contribution in [0.2, 0.25) is 0 Å². The van der Waals surface area contributed by atoms with Crippen molar-refractivity contribution in [3.05, 3.63) is 18.0 Å². The average Bonchev–Trinajstić information content (AvgIpc) is 3.13. The number of rotatable bonds is 8. The van der Waals surface area contributed by atoms with Crippen LogP contribution < -0.4 is 10.6 Å². The lowest BCUT2D eigenvalue weighted by molar-refractivity contribution is -0.127. The minimum absolute atomic E-state index is 0. The lowest BCUT2D eigenvalue weighted by Gasteiger charge is -2.36. The SMILES string of the molecule is CCNC(=NCCCNC(=O)C1CCC1)N1CCN(Cc2ccon2)CC1.I. The Morgan fingerprint density at radius 1 is 1.29 bits per heavy atom. The van der Waals surface area contributed by atoms with Gasteiger partial charge < -0.3 is 20.1 Å². The van der Waals surface area contributed by atoms with E-state index in [2.05, 4.69) is 32.5 Å². The van der Waals surface area contributed by atoms with Crippen molar-refractivity contribution in [2.24, 2.45) is 10.9 Å². The van der Waals surface area contributed by atoms with Gasteiger partial charge in [0.1, 0.15) is 6.26 Å². The van der Waals surface area contributed by atoms with Crippen LogP contribution in [-0.2, 0) is 11.3 Å². The number of carbonyl (C=O) groups is 1. The summed E-state index contributed by atoms with van der Waals surface area (Å²) in [6, 6.07) is 1.92. The van der Waals surface area contributed by atoms with Crippen LogP contribution in [0, 0.1) is 5.92 Å². The van der Waals surface area contributed by atoms with E-state index < -0.39 is 0 Å². The van der Waals surface area contributed by atoms with Gasteiger partial charge in [0.15, 0.2) is 5.96 Å². The third-order valence-corrected chi connectivity index (χ3v) is 5.26. The first-order valence-electron chi connectivity index (χ1n) is 10.2. The molecule has 1 saturated heterocycles. The molecule has 2 fully saturated rings. The van der Waals surface area contributed by atoms with E-state index in [0.29, 0.717) is 6.54 Å². The van der Waals surface area contributed by atoms with E-state index >= 15 is 0 Å². The number of guanidine groups is 1. The number of hydrogen-bond acceptors (Lipinski definition) is 5. The predicted octanol–water partition coefficient (Wildman–Crippen LogP) is 1.68. The number of amides is 1. The van der Waals surface area contributed by atoms with Crippen LogP contribution in [0.4, 0.5) is 0 Å². The van der Waals surface area contributed by atoms with E-state index in [1.54, 1.807) is 6.26 Å². The Balaban J connectivity index is 0.00000280. The maximum atomic E-state index is 11.8. The van der Waals surface area contributed by atoms with Gasteiger partial charge in [0.2, 0.25) is 5.91 Å². The van der Waals surface area contributed by atoms with Crippen LogP contribution in [0.5, 0.6) is 0 Å². The molecule has 1 aliphatic carbocycles. The molecule has 2 heterocycles. The van der Waals surface area contributed by atoms with Crippen molar-refractivity contribution in [1.29, 1.82) is 0 Å². The second kappa shape index (κ2) is 12.3. The number of aliphatic imine (C=N–C) groups is 1. The standard InChI is InChI=1S/C19H32N6O2.HI/c1-2-20-19(22-9-4-8-21-18(26)16-5-3-6-16)25-12-10-24(11-13-25)15-17-7-14-27-23-17;/h7,14,16H,2-6,8-13,15H2,1H3,(H,20,22)(H,21,26);1H. The highest BCUT2D eigenvalue weighted by molar-refractivity contribution is 14.0. The van der Waals surface area contributed by atoms with Gasteiger partial charge in [0.25, 0.3) is 0 Å². The smallest absolute Gasteiger partial charge is 0.223 e. The van der Waals surface area contributed by atoms with Crippen molar-refractivity contribution in [1.82, 2.24) is 25.6 Å². The van der Waals surface area contributed by atoms with Crippen LogP contribution in [-0.4, -0.2) is 72.6 Å². The van der Waals surface area contributed by atoms with E-state index in [1.165, 1.54) is 6.42 Å². The molecule has 0 unspecified atom stereocenters. The van der Waals surface area contributed by atoms with E-state index in [9.17, 15) is 4.79 Å². The first-order valence-corrected chi connectivity index (χ1v) is 10.2. The Labute approximate surface area is 184 Å². The lowest BCUT2D eigenvalue weighted by Crippen LogP contribution is -2.52. The molecule has 3 rings (SSSR count). The fourth-order valence-electron chi connectivity index (χ4n) is 3.38. The summed E-state index contributed by atoms with van der Waals surface area (Å²) in [4.78, 5) is 21.3. The van der Waals surface area contributed by atoms with Crippen molar-refractivity contribution in [3.8, 4) is 0 Å². The minimum atomic E-state index is 0. The maximum absolute atomic E-state index is 11.8. The molecule has 8 nitrogen and oxygen atoms in total. The van der Waals surface area contributed by atoms with Crippen molar-refractivity contribution in [3.63, 3.8) is 0 Å². The molecule has 9 heteroatoms. The fraction of sp³-hybridized carbons (Fsp3) is 0.737. The van der Waals surface area contributed by atoms with Gasteiger partial charge >= 0.3 is 0 Å². The third-order valence-electron chi connectivity index (χ3n) is 5.26. The first kappa shape index (κ1) is 22.9. The van der Waals surface area contributed by atoms with Gasteiger partial charge in [-0.15, -0.1) is 24.0 Å².